The Hall–Kier alpha value is -1.89. The summed E-state index contributed by atoms with van der Waals surface area (Å²) in [5.41, 5.74) is 0.145. The fourth-order valence-corrected chi connectivity index (χ4v) is 1.82. The Morgan fingerprint density at radius 1 is 1.50 bits per heavy atom. The number of fused-ring (bicyclic) bond motifs is 1. The van der Waals surface area contributed by atoms with Crippen molar-refractivity contribution < 1.29 is 4.74 Å². The fourth-order valence-electron chi connectivity index (χ4n) is 1.82. The molecule has 2 aromatic heterocycles. The predicted molar refractivity (Wildman–Crippen MR) is 78.1 cm³/mol. The normalized spacial score (nSPS) is 13.7. The number of methoxy groups -OCH3 is 1. The molecule has 1 unspecified atom stereocenters. The van der Waals surface area contributed by atoms with Gasteiger partial charge in [0.2, 0.25) is 5.95 Å². The Morgan fingerprint density at radius 2 is 2.20 bits per heavy atom. The Labute approximate surface area is 117 Å². The first-order valence-corrected chi connectivity index (χ1v) is 6.58. The van der Waals surface area contributed by atoms with Gasteiger partial charge in [-0.2, -0.15) is 10.1 Å². The second-order valence-corrected chi connectivity index (χ2v) is 5.81. The molecular formula is C13H21N5O2. The van der Waals surface area contributed by atoms with Gasteiger partial charge in [-0.05, 0) is 27.7 Å². The molecule has 2 N–H and O–H groups in total. The van der Waals surface area contributed by atoms with E-state index in [4.69, 9.17) is 4.74 Å². The van der Waals surface area contributed by atoms with Crippen molar-refractivity contribution in [3.05, 3.63) is 16.6 Å². The van der Waals surface area contributed by atoms with Crippen LogP contribution in [0.15, 0.2) is 11.0 Å². The topological polar surface area (TPSA) is 84.8 Å². The van der Waals surface area contributed by atoms with Gasteiger partial charge in [-0.25, -0.2) is 4.68 Å². The van der Waals surface area contributed by atoms with Crippen LogP contribution in [0, 0.1) is 0 Å². The van der Waals surface area contributed by atoms with Gasteiger partial charge in [0.1, 0.15) is 5.39 Å². The molecule has 0 saturated heterocycles. The van der Waals surface area contributed by atoms with Gasteiger partial charge in [0.15, 0.2) is 5.65 Å². The molecule has 0 aromatic carbocycles. The summed E-state index contributed by atoms with van der Waals surface area (Å²) in [5, 5.41) is 7.82. The van der Waals surface area contributed by atoms with Crippen LogP contribution in [0.1, 0.15) is 27.7 Å². The Kier molecular flexibility index (Phi) is 3.80. The number of aromatic amines is 1. The second-order valence-electron chi connectivity index (χ2n) is 5.81. The third-order valence-corrected chi connectivity index (χ3v) is 3.03. The first-order valence-electron chi connectivity index (χ1n) is 6.58. The smallest absolute Gasteiger partial charge is 0.263 e. The summed E-state index contributed by atoms with van der Waals surface area (Å²) in [4.78, 5) is 19.2. The lowest BCUT2D eigenvalue weighted by Gasteiger charge is -2.19. The van der Waals surface area contributed by atoms with Crippen LogP contribution < -0.4 is 10.9 Å². The van der Waals surface area contributed by atoms with E-state index in [1.54, 1.807) is 18.0 Å². The minimum Gasteiger partial charge on any atom is -0.380 e. The zero-order chi connectivity index (χ0) is 14.9. The minimum absolute atomic E-state index is 0.0310. The number of hydrogen-bond acceptors (Lipinski definition) is 5. The molecule has 7 nitrogen and oxygen atoms in total. The molecule has 0 saturated carbocycles. The van der Waals surface area contributed by atoms with Crippen molar-refractivity contribution in [3.8, 4) is 0 Å². The average Bonchev–Trinajstić information content (AvgIpc) is 2.80. The van der Waals surface area contributed by atoms with Crippen molar-refractivity contribution in [2.45, 2.75) is 39.3 Å². The molecule has 0 bridgehead atoms. The lowest BCUT2D eigenvalue weighted by Crippen LogP contribution is -2.25. The van der Waals surface area contributed by atoms with E-state index in [9.17, 15) is 4.79 Å². The molecule has 2 rings (SSSR count). The predicted octanol–water partition coefficient (Wildman–Crippen LogP) is 1.32. The molecule has 0 aliphatic carbocycles. The maximum atomic E-state index is 12.0. The van der Waals surface area contributed by atoms with Crippen LogP contribution >= 0.6 is 0 Å². The number of ether oxygens (including phenoxy) is 1. The molecule has 1 atom stereocenters. The molecule has 0 fully saturated rings. The zero-order valence-electron chi connectivity index (χ0n) is 12.5. The van der Waals surface area contributed by atoms with Crippen molar-refractivity contribution >= 4 is 17.0 Å². The van der Waals surface area contributed by atoms with Gasteiger partial charge in [0.05, 0.1) is 17.8 Å². The summed E-state index contributed by atoms with van der Waals surface area (Å²) in [6, 6.07) is 0. The molecule has 0 radical (unpaired) electrons. The monoisotopic (exact) mass is 279 g/mol. The van der Waals surface area contributed by atoms with E-state index >= 15 is 0 Å². The number of nitrogens with zero attached hydrogens (tertiary/aromatic N) is 3. The number of nitrogens with one attached hydrogen (secondary N) is 2. The Bertz CT molecular complexity index is 653. The van der Waals surface area contributed by atoms with E-state index in [-0.39, 0.29) is 17.2 Å². The van der Waals surface area contributed by atoms with E-state index < -0.39 is 0 Å². The van der Waals surface area contributed by atoms with Gasteiger partial charge in [0, 0.05) is 13.7 Å². The van der Waals surface area contributed by atoms with Gasteiger partial charge in [-0.1, -0.05) is 0 Å². The molecule has 7 heteroatoms. The largest absolute Gasteiger partial charge is 0.380 e. The summed E-state index contributed by atoms with van der Waals surface area (Å²) < 4.78 is 6.91. The van der Waals surface area contributed by atoms with E-state index in [0.717, 1.165) is 0 Å². The summed E-state index contributed by atoms with van der Waals surface area (Å²) in [6.07, 6.45) is 1.58. The third kappa shape index (κ3) is 2.82. The molecule has 2 heterocycles. The Morgan fingerprint density at radius 3 is 2.80 bits per heavy atom. The lowest BCUT2D eigenvalue weighted by atomic mass is 10.1. The van der Waals surface area contributed by atoms with E-state index in [0.29, 0.717) is 23.5 Å². The number of rotatable bonds is 4. The van der Waals surface area contributed by atoms with E-state index in [2.05, 4.69) is 20.4 Å². The molecule has 0 aliphatic heterocycles. The van der Waals surface area contributed by atoms with Crippen LogP contribution in [0.3, 0.4) is 0 Å². The number of anilines is 1. The van der Waals surface area contributed by atoms with Gasteiger partial charge in [0.25, 0.3) is 5.56 Å². The van der Waals surface area contributed by atoms with E-state index in [1.807, 2.05) is 27.7 Å². The van der Waals surface area contributed by atoms with Crippen LogP contribution in [0.4, 0.5) is 5.95 Å². The molecule has 0 aliphatic rings. The fraction of sp³-hybridized carbons (Fsp3) is 0.615. The highest BCUT2D eigenvalue weighted by atomic mass is 16.5. The van der Waals surface area contributed by atoms with Gasteiger partial charge >= 0.3 is 0 Å². The van der Waals surface area contributed by atoms with Crippen molar-refractivity contribution in [1.29, 1.82) is 0 Å². The molecule has 110 valence electrons. The summed E-state index contributed by atoms with van der Waals surface area (Å²) in [6.45, 7) is 8.55. The third-order valence-electron chi connectivity index (χ3n) is 3.03. The highest BCUT2D eigenvalue weighted by Crippen LogP contribution is 2.18. The highest BCUT2D eigenvalue weighted by molar-refractivity contribution is 5.74. The summed E-state index contributed by atoms with van der Waals surface area (Å²) >= 11 is 0. The van der Waals surface area contributed by atoms with Crippen molar-refractivity contribution in [3.63, 3.8) is 0 Å². The quantitative estimate of drug-likeness (QED) is 0.881. The molecule has 2 aromatic rings. The van der Waals surface area contributed by atoms with Gasteiger partial charge in [-0.15, -0.1) is 0 Å². The summed E-state index contributed by atoms with van der Waals surface area (Å²) in [7, 11) is 1.64. The van der Waals surface area contributed by atoms with E-state index in [1.165, 1.54) is 0 Å². The van der Waals surface area contributed by atoms with Gasteiger partial charge < -0.3 is 10.1 Å². The highest BCUT2D eigenvalue weighted by Gasteiger charge is 2.19. The number of H-pyrrole nitrogens is 1. The molecular weight excluding hydrogens is 258 g/mol. The molecule has 0 spiro atoms. The SMILES string of the molecule is COC(C)CNc1nc2c(cnn2C(C)(C)C)c(=O)[nH]1. The minimum atomic E-state index is -0.236. The lowest BCUT2D eigenvalue weighted by molar-refractivity contribution is 0.128. The van der Waals surface area contributed by atoms with Gasteiger partial charge in [-0.3, -0.25) is 9.78 Å². The Balaban J connectivity index is 2.42. The zero-order valence-corrected chi connectivity index (χ0v) is 12.5. The van der Waals surface area contributed by atoms with Crippen molar-refractivity contribution in [2.75, 3.05) is 19.0 Å². The maximum Gasteiger partial charge on any atom is 0.263 e. The number of hydrogen-bond donors (Lipinski definition) is 2. The van der Waals surface area contributed by atoms with Crippen LogP contribution in [-0.4, -0.2) is 39.5 Å². The first-order chi connectivity index (χ1) is 9.32. The maximum absolute atomic E-state index is 12.0. The van der Waals surface area contributed by atoms with Crippen LogP contribution in [0.2, 0.25) is 0 Å². The first kappa shape index (κ1) is 14.5. The second kappa shape index (κ2) is 5.24. The van der Waals surface area contributed by atoms with Crippen LogP contribution in [-0.2, 0) is 10.3 Å². The van der Waals surface area contributed by atoms with Crippen molar-refractivity contribution in [1.82, 2.24) is 19.7 Å². The van der Waals surface area contributed by atoms with Crippen LogP contribution in [0.5, 0.6) is 0 Å². The van der Waals surface area contributed by atoms with Crippen molar-refractivity contribution in [2.24, 2.45) is 0 Å². The number of aromatic nitrogens is 4. The van der Waals surface area contributed by atoms with Crippen LogP contribution in [0.25, 0.3) is 11.0 Å². The molecule has 20 heavy (non-hydrogen) atoms. The average molecular weight is 279 g/mol. The molecule has 0 amide bonds. The summed E-state index contributed by atoms with van der Waals surface area (Å²) in [5.74, 6) is 0.428. The standard InChI is InChI=1S/C13H21N5O2/c1-8(20-5)6-14-12-16-10-9(11(19)17-12)7-15-18(10)13(2,3)4/h7-8H,6H2,1-5H3,(H2,14,16,17,19).